The number of guanidine groups is 1. The number of hydrogen-bond acceptors (Lipinski definition) is 4. The third-order valence-electron chi connectivity index (χ3n) is 4.58. The molecule has 9 heteroatoms. The van der Waals surface area contributed by atoms with Gasteiger partial charge in [0.05, 0.1) is 0 Å². The highest BCUT2D eigenvalue weighted by Gasteiger charge is 2.09. The van der Waals surface area contributed by atoms with E-state index >= 15 is 0 Å². The zero-order chi connectivity index (χ0) is 20.6. The van der Waals surface area contributed by atoms with Crippen molar-refractivity contribution >= 4 is 40.8 Å². The predicted molar refractivity (Wildman–Crippen MR) is 128 cm³/mol. The van der Waals surface area contributed by atoms with E-state index in [4.69, 9.17) is 4.52 Å². The zero-order valence-electron chi connectivity index (χ0n) is 17.7. The SMILES string of the molecule is CCNC(=NCCCc1nc(C(C)C)no1)NCCc1c[nH]c2ccc(F)cc12.I. The van der Waals surface area contributed by atoms with Crippen molar-refractivity contribution in [2.45, 2.75) is 46.0 Å². The fourth-order valence-electron chi connectivity index (χ4n) is 3.04. The Morgan fingerprint density at radius 1 is 1.27 bits per heavy atom. The highest BCUT2D eigenvalue weighted by Crippen LogP contribution is 2.19. The summed E-state index contributed by atoms with van der Waals surface area (Å²) in [5.41, 5.74) is 2.03. The van der Waals surface area contributed by atoms with Gasteiger partial charge in [-0.15, -0.1) is 24.0 Å². The maximum Gasteiger partial charge on any atom is 0.226 e. The Morgan fingerprint density at radius 3 is 2.83 bits per heavy atom. The molecule has 0 bridgehead atoms. The highest BCUT2D eigenvalue weighted by molar-refractivity contribution is 14.0. The van der Waals surface area contributed by atoms with Crippen LogP contribution in [0.3, 0.4) is 0 Å². The van der Waals surface area contributed by atoms with Crippen LogP contribution in [0.2, 0.25) is 0 Å². The van der Waals surface area contributed by atoms with E-state index in [-0.39, 0.29) is 35.7 Å². The topological polar surface area (TPSA) is 91.1 Å². The molecule has 1 aromatic carbocycles. The van der Waals surface area contributed by atoms with Crippen LogP contribution in [0.15, 0.2) is 33.9 Å². The molecular weight excluding hydrogens is 498 g/mol. The predicted octanol–water partition coefficient (Wildman–Crippen LogP) is 4.16. The number of aliphatic imine (C=N–C) groups is 1. The van der Waals surface area contributed by atoms with E-state index in [1.807, 2.05) is 27.0 Å². The van der Waals surface area contributed by atoms with E-state index in [2.05, 4.69) is 30.8 Å². The van der Waals surface area contributed by atoms with Gasteiger partial charge in [0.1, 0.15) is 5.82 Å². The van der Waals surface area contributed by atoms with Gasteiger partial charge >= 0.3 is 0 Å². The normalized spacial score (nSPS) is 11.7. The Balaban J connectivity index is 0.00000320. The highest BCUT2D eigenvalue weighted by atomic mass is 127. The molecule has 0 fully saturated rings. The van der Waals surface area contributed by atoms with Crippen molar-refractivity contribution in [3.05, 3.63) is 47.5 Å². The lowest BCUT2D eigenvalue weighted by molar-refractivity contribution is 0.369. The molecule has 0 aliphatic carbocycles. The smallest absolute Gasteiger partial charge is 0.226 e. The van der Waals surface area contributed by atoms with Gasteiger partial charge in [-0.3, -0.25) is 4.99 Å². The van der Waals surface area contributed by atoms with Crippen LogP contribution >= 0.6 is 24.0 Å². The third kappa shape index (κ3) is 6.68. The number of hydrogen-bond donors (Lipinski definition) is 3. The quantitative estimate of drug-likeness (QED) is 0.168. The Labute approximate surface area is 193 Å². The average Bonchev–Trinajstić information content (AvgIpc) is 3.32. The van der Waals surface area contributed by atoms with Gasteiger partial charge in [0.15, 0.2) is 11.8 Å². The van der Waals surface area contributed by atoms with Gasteiger partial charge in [-0.2, -0.15) is 4.98 Å². The molecule has 0 saturated heterocycles. The average molecular weight is 528 g/mol. The standard InChI is InChI=1S/C21H29FN6O.HI/c1-4-23-21(24-10-5-6-19-27-20(14(2)3)28-29-19)25-11-9-15-13-26-18-8-7-16(22)12-17(15)18;/h7-8,12-14,26H,4-6,9-11H2,1-3H3,(H2,23,24,25);1H. The minimum absolute atomic E-state index is 0. The molecule has 0 spiro atoms. The Kier molecular flexibility index (Phi) is 9.54. The molecule has 3 rings (SSSR count). The van der Waals surface area contributed by atoms with Crippen molar-refractivity contribution in [1.82, 2.24) is 25.8 Å². The van der Waals surface area contributed by atoms with Gasteiger partial charge < -0.3 is 20.1 Å². The second kappa shape index (κ2) is 11.9. The molecule has 0 amide bonds. The molecule has 3 aromatic rings. The second-order valence-corrected chi connectivity index (χ2v) is 7.25. The molecule has 0 radical (unpaired) electrons. The van der Waals surface area contributed by atoms with Crippen LogP contribution in [0, 0.1) is 5.82 Å². The van der Waals surface area contributed by atoms with Crippen LogP contribution in [-0.2, 0) is 12.8 Å². The lowest BCUT2D eigenvalue weighted by atomic mass is 10.1. The number of aromatic nitrogens is 3. The van der Waals surface area contributed by atoms with Gasteiger partial charge in [-0.1, -0.05) is 19.0 Å². The minimum Gasteiger partial charge on any atom is -0.361 e. The lowest BCUT2D eigenvalue weighted by Crippen LogP contribution is -2.38. The zero-order valence-corrected chi connectivity index (χ0v) is 20.0. The Bertz CT molecular complexity index is 952. The molecule has 0 aliphatic heterocycles. The van der Waals surface area contributed by atoms with Crippen molar-refractivity contribution in [3.63, 3.8) is 0 Å². The van der Waals surface area contributed by atoms with E-state index in [9.17, 15) is 4.39 Å². The van der Waals surface area contributed by atoms with Crippen molar-refractivity contribution in [2.75, 3.05) is 19.6 Å². The summed E-state index contributed by atoms with van der Waals surface area (Å²) in [7, 11) is 0. The van der Waals surface area contributed by atoms with Crippen LogP contribution in [0.4, 0.5) is 4.39 Å². The lowest BCUT2D eigenvalue weighted by Gasteiger charge is -2.11. The number of rotatable bonds is 9. The first-order chi connectivity index (χ1) is 14.1. The van der Waals surface area contributed by atoms with Crippen molar-refractivity contribution < 1.29 is 8.91 Å². The maximum atomic E-state index is 13.5. The molecule has 2 aromatic heterocycles. The number of nitrogens with zero attached hydrogens (tertiary/aromatic N) is 3. The number of fused-ring (bicyclic) bond motifs is 1. The molecular formula is C21H30FIN6O. The Hall–Kier alpha value is -2.17. The maximum absolute atomic E-state index is 13.5. The summed E-state index contributed by atoms with van der Waals surface area (Å²) in [6.45, 7) is 8.26. The number of H-pyrrole nitrogens is 1. The molecule has 164 valence electrons. The first kappa shape index (κ1) is 24.1. The van der Waals surface area contributed by atoms with E-state index in [0.29, 0.717) is 25.4 Å². The second-order valence-electron chi connectivity index (χ2n) is 7.25. The van der Waals surface area contributed by atoms with Gasteiger partial charge in [-0.05, 0) is 43.5 Å². The van der Waals surface area contributed by atoms with Crippen molar-refractivity contribution in [2.24, 2.45) is 4.99 Å². The summed E-state index contributed by atoms with van der Waals surface area (Å²) < 4.78 is 18.8. The van der Waals surface area contributed by atoms with Gasteiger partial charge in [0.25, 0.3) is 0 Å². The minimum atomic E-state index is -0.219. The van der Waals surface area contributed by atoms with Crippen molar-refractivity contribution in [1.29, 1.82) is 0 Å². The summed E-state index contributed by atoms with van der Waals surface area (Å²) >= 11 is 0. The first-order valence-corrected chi connectivity index (χ1v) is 10.2. The Morgan fingerprint density at radius 2 is 2.10 bits per heavy atom. The molecule has 30 heavy (non-hydrogen) atoms. The monoisotopic (exact) mass is 528 g/mol. The molecule has 7 nitrogen and oxygen atoms in total. The van der Waals surface area contributed by atoms with Crippen LogP contribution in [0.5, 0.6) is 0 Å². The van der Waals surface area contributed by atoms with Gasteiger partial charge in [0, 0.05) is 49.1 Å². The summed E-state index contributed by atoms with van der Waals surface area (Å²) in [5.74, 6) is 2.22. The van der Waals surface area contributed by atoms with Crippen LogP contribution in [-0.4, -0.2) is 40.7 Å². The molecule has 0 unspecified atom stereocenters. The van der Waals surface area contributed by atoms with Crippen LogP contribution in [0.25, 0.3) is 10.9 Å². The van der Waals surface area contributed by atoms with E-state index in [1.54, 1.807) is 12.1 Å². The fraction of sp³-hybridized carbons (Fsp3) is 0.476. The molecule has 2 heterocycles. The van der Waals surface area contributed by atoms with Crippen molar-refractivity contribution in [3.8, 4) is 0 Å². The fourth-order valence-corrected chi connectivity index (χ4v) is 3.04. The number of aryl methyl sites for hydroxylation is 1. The van der Waals surface area contributed by atoms with Crippen LogP contribution < -0.4 is 10.6 Å². The molecule has 0 atom stereocenters. The van der Waals surface area contributed by atoms with Gasteiger partial charge in [-0.25, -0.2) is 4.39 Å². The van der Waals surface area contributed by atoms with E-state index < -0.39 is 0 Å². The summed E-state index contributed by atoms with van der Waals surface area (Å²) in [6, 6.07) is 4.80. The molecule has 3 N–H and O–H groups in total. The third-order valence-corrected chi connectivity index (χ3v) is 4.58. The van der Waals surface area contributed by atoms with Gasteiger partial charge in [0.2, 0.25) is 5.89 Å². The summed E-state index contributed by atoms with van der Waals surface area (Å²) in [6.07, 6.45) is 4.25. The first-order valence-electron chi connectivity index (χ1n) is 10.2. The van der Waals surface area contributed by atoms with Crippen LogP contribution in [0.1, 0.15) is 50.4 Å². The van der Waals surface area contributed by atoms with E-state index in [1.165, 1.54) is 6.07 Å². The molecule has 0 saturated carbocycles. The number of halogens is 2. The van der Waals surface area contributed by atoms with E-state index in [0.717, 1.165) is 47.6 Å². The number of aromatic amines is 1. The number of nitrogens with one attached hydrogen (secondary N) is 3. The summed E-state index contributed by atoms with van der Waals surface area (Å²) in [5, 5.41) is 11.5. The largest absolute Gasteiger partial charge is 0.361 e. The molecule has 0 aliphatic rings. The summed E-state index contributed by atoms with van der Waals surface area (Å²) in [4.78, 5) is 12.2. The number of benzene rings is 1.